The Morgan fingerprint density at radius 3 is 2.50 bits per heavy atom. The van der Waals surface area contributed by atoms with Crippen molar-refractivity contribution < 1.29 is 20.0 Å². The van der Waals surface area contributed by atoms with E-state index in [1.807, 2.05) is 18.2 Å². The molecule has 0 radical (unpaired) electrons. The maximum absolute atomic E-state index is 10.4. The van der Waals surface area contributed by atoms with E-state index in [0.29, 0.717) is 6.42 Å². The topological polar surface area (TPSA) is 66.8 Å². The maximum Gasteiger partial charge on any atom is 0.303 e. The molecule has 0 unspecified atom stereocenters. The second-order valence-corrected chi connectivity index (χ2v) is 6.01. The minimum Gasteiger partial charge on any atom is -0.481 e. The number of allylic oxidation sites excluding steroid dienone is 5. The predicted molar refractivity (Wildman–Crippen MR) is 99.0 cm³/mol. The zero-order valence-corrected chi connectivity index (χ0v) is 15.0. The van der Waals surface area contributed by atoms with Crippen LogP contribution in [-0.2, 0) is 9.68 Å². The highest BCUT2D eigenvalue weighted by Crippen LogP contribution is 2.10. The lowest BCUT2D eigenvalue weighted by atomic mass is 10.1. The van der Waals surface area contributed by atoms with Gasteiger partial charge >= 0.3 is 5.97 Å². The first kappa shape index (κ1) is 22.6. The van der Waals surface area contributed by atoms with Crippen molar-refractivity contribution in [3.8, 4) is 0 Å². The molecule has 138 valence electrons. The molecule has 0 saturated carbocycles. The van der Waals surface area contributed by atoms with Crippen molar-refractivity contribution >= 4 is 5.97 Å². The summed E-state index contributed by atoms with van der Waals surface area (Å²) in [6.45, 7) is 2.21. The Balaban J connectivity index is 3.68. The van der Waals surface area contributed by atoms with Crippen LogP contribution in [0.5, 0.6) is 0 Å². The Kier molecular flexibility index (Phi) is 16.9. The molecule has 0 aromatic carbocycles. The molecule has 0 aromatic rings. The Hall–Kier alpha value is -1.39. The van der Waals surface area contributed by atoms with E-state index < -0.39 is 5.97 Å². The molecule has 0 aliphatic rings. The maximum atomic E-state index is 10.4. The quantitative estimate of drug-likeness (QED) is 0.121. The Labute approximate surface area is 146 Å². The van der Waals surface area contributed by atoms with Gasteiger partial charge in [0.25, 0.3) is 0 Å². The van der Waals surface area contributed by atoms with Gasteiger partial charge in [0.1, 0.15) is 6.10 Å². The molecule has 0 rings (SSSR count). The normalized spacial score (nSPS) is 13.4. The molecule has 2 N–H and O–H groups in total. The van der Waals surface area contributed by atoms with Crippen LogP contribution in [0.15, 0.2) is 36.5 Å². The zero-order valence-electron chi connectivity index (χ0n) is 15.0. The van der Waals surface area contributed by atoms with Gasteiger partial charge in [0.15, 0.2) is 0 Å². The molecular formula is C20H34O4. The summed E-state index contributed by atoms with van der Waals surface area (Å²) in [5, 5.41) is 17.4. The number of aliphatic carboxylic acids is 1. The fraction of sp³-hybridized carbons (Fsp3) is 0.650. The lowest BCUT2D eigenvalue weighted by molar-refractivity contribution is -0.267. The molecule has 4 nitrogen and oxygen atoms in total. The van der Waals surface area contributed by atoms with Crippen molar-refractivity contribution in [2.75, 3.05) is 0 Å². The van der Waals surface area contributed by atoms with Gasteiger partial charge in [-0.05, 0) is 32.1 Å². The monoisotopic (exact) mass is 338 g/mol. The van der Waals surface area contributed by atoms with Crippen molar-refractivity contribution in [3.63, 3.8) is 0 Å². The standard InChI is InChI=1S/C20H34O4/c1-2-3-4-5-6-7-8-9-10-13-16-19(24-23)17-14-11-12-15-18-20(21)22/h6-7,9-10,13,16,19,23H,2-5,8,11-12,14-15,17-18H2,1H3,(H,21,22)/b7-6-,10-9-,16-13+/t19-/m0/s1. The van der Waals surface area contributed by atoms with Crippen LogP contribution in [0, 0.1) is 0 Å². The van der Waals surface area contributed by atoms with Crippen LogP contribution in [0.2, 0.25) is 0 Å². The molecule has 0 aliphatic carbocycles. The second kappa shape index (κ2) is 18.0. The molecule has 0 spiro atoms. The Bertz CT molecular complexity index is 372. The molecule has 24 heavy (non-hydrogen) atoms. The van der Waals surface area contributed by atoms with Gasteiger partial charge in [-0.15, -0.1) is 0 Å². The van der Waals surface area contributed by atoms with Crippen LogP contribution >= 0.6 is 0 Å². The van der Waals surface area contributed by atoms with Gasteiger partial charge in [0.05, 0.1) is 0 Å². The molecule has 4 heteroatoms. The van der Waals surface area contributed by atoms with Crippen molar-refractivity contribution in [1.82, 2.24) is 0 Å². The van der Waals surface area contributed by atoms with Crippen LogP contribution in [0.25, 0.3) is 0 Å². The zero-order chi connectivity index (χ0) is 17.9. The van der Waals surface area contributed by atoms with Crippen LogP contribution in [0.3, 0.4) is 0 Å². The predicted octanol–water partition coefficient (Wildman–Crippen LogP) is 5.91. The summed E-state index contributed by atoms with van der Waals surface area (Å²) in [6.07, 6.45) is 22.3. The Morgan fingerprint density at radius 1 is 1.00 bits per heavy atom. The first-order chi connectivity index (χ1) is 11.7. The first-order valence-corrected chi connectivity index (χ1v) is 9.21. The van der Waals surface area contributed by atoms with Crippen molar-refractivity contribution in [3.05, 3.63) is 36.5 Å². The van der Waals surface area contributed by atoms with Gasteiger partial charge in [0, 0.05) is 6.42 Å². The van der Waals surface area contributed by atoms with E-state index in [2.05, 4.69) is 30.0 Å². The highest BCUT2D eigenvalue weighted by Gasteiger charge is 2.04. The number of unbranched alkanes of at least 4 members (excludes halogenated alkanes) is 6. The number of hydrogen-bond donors (Lipinski definition) is 2. The van der Waals surface area contributed by atoms with E-state index in [1.165, 1.54) is 19.3 Å². The van der Waals surface area contributed by atoms with Crippen LogP contribution in [0.1, 0.15) is 77.6 Å². The largest absolute Gasteiger partial charge is 0.481 e. The molecule has 0 fully saturated rings. The number of carboxylic acids is 1. The van der Waals surface area contributed by atoms with E-state index in [0.717, 1.165) is 38.5 Å². The summed E-state index contributed by atoms with van der Waals surface area (Å²) >= 11 is 0. The molecule has 0 aliphatic heterocycles. The van der Waals surface area contributed by atoms with Crippen LogP contribution < -0.4 is 0 Å². The summed E-state index contributed by atoms with van der Waals surface area (Å²) in [4.78, 5) is 14.8. The van der Waals surface area contributed by atoms with E-state index in [9.17, 15) is 4.79 Å². The summed E-state index contributed by atoms with van der Waals surface area (Å²) in [5.74, 6) is -0.739. The van der Waals surface area contributed by atoms with Gasteiger partial charge in [-0.1, -0.05) is 75.5 Å². The van der Waals surface area contributed by atoms with E-state index in [4.69, 9.17) is 10.4 Å². The van der Waals surface area contributed by atoms with Gasteiger partial charge in [0.2, 0.25) is 0 Å². The molecule has 1 atom stereocenters. The van der Waals surface area contributed by atoms with Gasteiger partial charge in [-0.25, -0.2) is 4.89 Å². The number of carboxylic acid groups (broad SMARTS) is 1. The van der Waals surface area contributed by atoms with E-state index >= 15 is 0 Å². The van der Waals surface area contributed by atoms with E-state index in [-0.39, 0.29) is 12.5 Å². The second-order valence-electron chi connectivity index (χ2n) is 6.01. The summed E-state index contributed by atoms with van der Waals surface area (Å²) in [6, 6.07) is 0. The van der Waals surface area contributed by atoms with Crippen molar-refractivity contribution in [2.24, 2.45) is 0 Å². The molecule has 0 saturated heterocycles. The average Bonchev–Trinajstić information content (AvgIpc) is 2.57. The highest BCUT2D eigenvalue weighted by atomic mass is 17.1. The average molecular weight is 338 g/mol. The third-order valence-corrected chi connectivity index (χ3v) is 3.75. The van der Waals surface area contributed by atoms with Gasteiger partial charge in [-0.2, -0.15) is 0 Å². The fourth-order valence-corrected chi connectivity index (χ4v) is 2.31. The van der Waals surface area contributed by atoms with E-state index in [1.54, 1.807) is 0 Å². The minimum atomic E-state index is -0.739. The summed E-state index contributed by atoms with van der Waals surface area (Å²) < 4.78 is 0. The third kappa shape index (κ3) is 17.0. The molecule has 0 aromatic heterocycles. The lowest BCUT2D eigenvalue weighted by Crippen LogP contribution is -2.06. The number of rotatable bonds is 16. The summed E-state index contributed by atoms with van der Waals surface area (Å²) in [5.41, 5.74) is 0. The number of hydrogen-bond acceptors (Lipinski definition) is 3. The first-order valence-electron chi connectivity index (χ1n) is 9.21. The Morgan fingerprint density at radius 2 is 1.79 bits per heavy atom. The van der Waals surface area contributed by atoms with Crippen molar-refractivity contribution in [1.29, 1.82) is 0 Å². The summed E-state index contributed by atoms with van der Waals surface area (Å²) in [7, 11) is 0. The smallest absolute Gasteiger partial charge is 0.303 e. The third-order valence-electron chi connectivity index (χ3n) is 3.75. The van der Waals surface area contributed by atoms with Crippen molar-refractivity contribution in [2.45, 2.75) is 83.7 Å². The van der Waals surface area contributed by atoms with Crippen LogP contribution in [0.4, 0.5) is 0 Å². The number of carbonyl (C=O) groups is 1. The lowest BCUT2D eigenvalue weighted by Gasteiger charge is -2.07. The minimum absolute atomic E-state index is 0.234. The van der Waals surface area contributed by atoms with Gasteiger partial charge < -0.3 is 5.11 Å². The van der Waals surface area contributed by atoms with Crippen LogP contribution in [-0.4, -0.2) is 22.4 Å². The molecule has 0 bridgehead atoms. The SMILES string of the molecule is CCCCC/C=C\C/C=C\C=C\[C@@H](CCCCCCC(=O)O)OO. The molecular weight excluding hydrogens is 304 g/mol. The molecule has 0 amide bonds. The fourth-order valence-electron chi connectivity index (χ4n) is 2.31. The van der Waals surface area contributed by atoms with Gasteiger partial charge in [-0.3, -0.25) is 10.1 Å². The molecule has 0 heterocycles. The highest BCUT2D eigenvalue weighted by molar-refractivity contribution is 5.66.